The first-order valence-electron chi connectivity index (χ1n) is 4.94. The van der Waals surface area contributed by atoms with Crippen molar-refractivity contribution in [3.63, 3.8) is 0 Å². The summed E-state index contributed by atoms with van der Waals surface area (Å²) in [6, 6.07) is 7.97. The summed E-state index contributed by atoms with van der Waals surface area (Å²) >= 11 is 0. The summed E-state index contributed by atoms with van der Waals surface area (Å²) in [5.41, 5.74) is 8.63. The predicted molar refractivity (Wildman–Crippen MR) is 63.5 cm³/mol. The molecule has 0 fully saturated rings. The second kappa shape index (κ2) is 3.87. The molecular formula is C12H15N3. The minimum Gasteiger partial charge on any atom is -0.399 e. The normalized spacial score (nSPS) is 11.1. The van der Waals surface area contributed by atoms with Crippen LogP contribution < -0.4 is 5.73 Å². The molecule has 2 N–H and O–H groups in total. The van der Waals surface area contributed by atoms with Gasteiger partial charge in [-0.25, -0.2) is 0 Å². The molecule has 0 atom stereocenters. The first kappa shape index (κ1) is 9.93. The van der Waals surface area contributed by atoms with Gasteiger partial charge >= 0.3 is 0 Å². The average Bonchev–Trinajstić information content (AvgIpc) is 2.17. The van der Waals surface area contributed by atoms with E-state index in [1.54, 1.807) is 0 Å². The van der Waals surface area contributed by atoms with Crippen molar-refractivity contribution < 1.29 is 0 Å². The van der Waals surface area contributed by atoms with Gasteiger partial charge in [-0.2, -0.15) is 0 Å². The van der Waals surface area contributed by atoms with E-state index in [2.05, 4.69) is 16.0 Å². The lowest BCUT2D eigenvalue weighted by molar-refractivity contribution is 0.402. The average molecular weight is 201 g/mol. The van der Waals surface area contributed by atoms with E-state index in [4.69, 9.17) is 5.73 Å². The van der Waals surface area contributed by atoms with Crippen LogP contribution in [0.5, 0.6) is 0 Å². The largest absolute Gasteiger partial charge is 0.399 e. The van der Waals surface area contributed by atoms with Crippen molar-refractivity contribution >= 4 is 16.6 Å². The van der Waals surface area contributed by atoms with Gasteiger partial charge in [0.25, 0.3) is 0 Å². The zero-order valence-corrected chi connectivity index (χ0v) is 9.07. The van der Waals surface area contributed by atoms with Crippen molar-refractivity contribution in [1.82, 2.24) is 9.88 Å². The minimum absolute atomic E-state index is 0.760. The Morgan fingerprint density at radius 2 is 2.07 bits per heavy atom. The second-order valence-corrected chi connectivity index (χ2v) is 4.03. The molecule has 1 aromatic carbocycles. The van der Waals surface area contributed by atoms with E-state index >= 15 is 0 Å². The maximum Gasteiger partial charge on any atom is 0.0722 e. The van der Waals surface area contributed by atoms with Crippen LogP contribution in [-0.2, 0) is 6.54 Å². The van der Waals surface area contributed by atoms with Crippen molar-refractivity contribution in [2.75, 3.05) is 19.8 Å². The molecular weight excluding hydrogens is 186 g/mol. The fourth-order valence-corrected chi connectivity index (χ4v) is 1.64. The highest BCUT2D eigenvalue weighted by Gasteiger charge is 1.99. The fourth-order valence-electron chi connectivity index (χ4n) is 1.64. The molecule has 1 heterocycles. The van der Waals surface area contributed by atoms with Crippen LogP contribution in [0.1, 0.15) is 5.56 Å². The molecule has 0 bridgehead atoms. The highest BCUT2D eigenvalue weighted by Crippen LogP contribution is 2.16. The molecule has 2 aromatic rings. The van der Waals surface area contributed by atoms with Gasteiger partial charge in [-0.05, 0) is 37.9 Å². The van der Waals surface area contributed by atoms with E-state index < -0.39 is 0 Å². The van der Waals surface area contributed by atoms with Crippen molar-refractivity contribution in [1.29, 1.82) is 0 Å². The molecule has 0 radical (unpaired) electrons. The fraction of sp³-hybridized carbons (Fsp3) is 0.250. The topological polar surface area (TPSA) is 42.2 Å². The van der Waals surface area contributed by atoms with Crippen LogP contribution in [0.4, 0.5) is 5.69 Å². The zero-order valence-electron chi connectivity index (χ0n) is 9.07. The smallest absolute Gasteiger partial charge is 0.0722 e. The lowest BCUT2D eigenvalue weighted by Crippen LogP contribution is -2.10. The number of hydrogen-bond acceptors (Lipinski definition) is 3. The number of anilines is 1. The molecule has 78 valence electrons. The third-order valence-electron chi connectivity index (χ3n) is 2.26. The number of nitrogens with zero attached hydrogens (tertiary/aromatic N) is 2. The second-order valence-electron chi connectivity index (χ2n) is 4.03. The lowest BCUT2D eigenvalue weighted by atomic mass is 10.1. The van der Waals surface area contributed by atoms with Crippen LogP contribution in [0.2, 0.25) is 0 Å². The summed E-state index contributed by atoms with van der Waals surface area (Å²) < 4.78 is 0. The molecule has 3 heteroatoms. The monoisotopic (exact) mass is 201 g/mol. The van der Waals surface area contributed by atoms with Gasteiger partial charge in [-0.1, -0.05) is 6.07 Å². The van der Waals surface area contributed by atoms with Gasteiger partial charge in [0.05, 0.1) is 5.52 Å². The number of aromatic nitrogens is 1. The van der Waals surface area contributed by atoms with Crippen LogP contribution in [0.15, 0.2) is 30.5 Å². The van der Waals surface area contributed by atoms with Gasteiger partial charge in [-0.15, -0.1) is 0 Å². The number of fused-ring (bicyclic) bond motifs is 1. The molecule has 1 aromatic heterocycles. The summed E-state index contributed by atoms with van der Waals surface area (Å²) in [6.45, 7) is 0.910. The molecule has 0 aliphatic carbocycles. The zero-order chi connectivity index (χ0) is 10.8. The predicted octanol–water partition coefficient (Wildman–Crippen LogP) is 1.88. The summed E-state index contributed by atoms with van der Waals surface area (Å²) in [7, 11) is 4.10. The number of nitrogen functional groups attached to an aromatic ring is 1. The van der Waals surface area contributed by atoms with E-state index in [1.807, 2.05) is 38.5 Å². The Labute approximate surface area is 89.5 Å². The quantitative estimate of drug-likeness (QED) is 0.754. The van der Waals surface area contributed by atoms with Gasteiger partial charge in [-0.3, -0.25) is 4.98 Å². The van der Waals surface area contributed by atoms with E-state index in [-0.39, 0.29) is 0 Å². The Hall–Kier alpha value is -1.61. The first-order valence-corrected chi connectivity index (χ1v) is 4.94. The molecule has 0 aliphatic heterocycles. The molecule has 0 unspecified atom stereocenters. The minimum atomic E-state index is 0.760. The number of benzene rings is 1. The number of nitrogens with two attached hydrogens (primary N) is 1. The summed E-state index contributed by atoms with van der Waals surface area (Å²) in [4.78, 5) is 6.51. The third kappa shape index (κ3) is 2.25. The maximum atomic E-state index is 5.69. The van der Waals surface area contributed by atoms with Gasteiger partial charge in [0, 0.05) is 23.8 Å². The first-order chi connectivity index (χ1) is 7.15. The molecule has 2 rings (SSSR count). The van der Waals surface area contributed by atoms with Crippen LogP contribution in [0.25, 0.3) is 10.9 Å². The highest BCUT2D eigenvalue weighted by atomic mass is 15.0. The molecule has 0 saturated carbocycles. The SMILES string of the molecule is CN(C)Cc1cnc2cc(N)ccc2c1. The van der Waals surface area contributed by atoms with Crippen molar-refractivity contribution in [3.8, 4) is 0 Å². The molecule has 3 nitrogen and oxygen atoms in total. The van der Waals surface area contributed by atoms with Crippen LogP contribution in [0, 0.1) is 0 Å². The number of pyridine rings is 1. The summed E-state index contributed by atoms with van der Waals surface area (Å²) in [5.74, 6) is 0. The van der Waals surface area contributed by atoms with E-state index in [1.165, 1.54) is 5.56 Å². The van der Waals surface area contributed by atoms with E-state index in [0.29, 0.717) is 0 Å². The number of rotatable bonds is 2. The van der Waals surface area contributed by atoms with Crippen LogP contribution >= 0.6 is 0 Å². The lowest BCUT2D eigenvalue weighted by Gasteiger charge is -2.09. The van der Waals surface area contributed by atoms with Crippen molar-refractivity contribution in [2.45, 2.75) is 6.54 Å². The third-order valence-corrected chi connectivity index (χ3v) is 2.26. The Kier molecular flexibility index (Phi) is 2.56. The van der Waals surface area contributed by atoms with Gasteiger partial charge in [0.15, 0.2) is 0 Å². The summed E-state index contributed by atoms with van der Waals surface area (Å²) in [5, 5.41) is 1.14. The molecule has 0 amide bonds. The molecule has 0 spiro atoms. The standard InChI is InChI=1S/C12H15N3/c1-15(2)8-9-5-10-3-4-11(13)6-12(10)14-7-9/h3-7H,8,13H2,1-2H3. The highest BCUT2D eigenvalue weighted by molar-refractivity contribution is 5.82. The number of hydrogen-bond donors (Lipinski definition) is 1. The van der Waals surface area contributed by atoms with Gasteiger partial charge in [0.2, 0.25) is 0 Å². The molecule has 0 aliphatic rings. The Balaban J connectivity index is 2.43. The van der Waals surface area contributed by atoms with Gasteiger partial charge in [0.1, 0.15) is 0 Å². The molecule has 15 heavy (non-hydrogen) atoms. The Morgan fingerprint density at radius 3 is 2.80 bits per heavy atom. The van der Waals surface area contributed by atoms with Crippen molar-refractivity contribution in [3.05, 3.63) is 36.0 Å². The summed E-state index contributed by atoms with van der Waals surface area (Å²) in [6.07, 6.45) is 1.90. The maximum absolute atomic E-state index is 5.69. The van der Waals surface area contributed by atoms with E-state index in [9.17, 15) is 0 Å². The molecule has 0 saturated heterocycles. The van der Waals surface area contributed by atoms with E-state index in [0.717, 1.165) is 23.1 Å². The van der Waals surface area contributed by atoms with Crippen molar-refractivity contribution in [2.24, 2.45) is 0 Å². The van der Waals surface area contributed by atoms with Crippen LogP contribution in [-0.4, -0.2) is 24.0 Å². The van der Waals surface area contributed by atoms with Gasteiger partial charge < -0.3 is 10.6 Å². The Bertz CT molecular complexity index is 477. The Morgan fingerprint density at radius 1 is 1.27 bits per heavy atom. The van der Waals surface area contributed by atoms with Crippen LogP contribution in [0.3, 0.4) is 0 Å².